The zero-order chi connectivity index (χ0) is 18.0. The molecule has 0 bridgehead atoms. The number of fused-ring (bicyclic) bond motifs is 1. The number of nitrogens with zero attached hydrogens (tertiary/aromatic N) is 3. The van der Waals surface area contributed by atoms with Gasteiger partial charge < -0.3 is 11.5 Å². The lowest BCUT2D eigenvalue weighted by molar-refractivity contribution is 0.736. The van der Waals surface area contributed by atoms with E-state index >= 15 is 0 Å². The van der Waals surface area contributed by atoms with Crippen LogP contribution in [0, 0.1) is 0 Å². The smallest absolute Gasteiger partial charge is 0.329 e. The fourth-order valence-electron chi connectivity index (χ4n) is 3.05. The van der Waals surface area contributed by atoms with Crippen LogP contribution in [0.3, 0.4) is 0 Å². The van der Waals surface area contributed by atoms with Crippen molar-refractivity contribution in [3.05, 3.63) is 76.4 Å². The second kappa shape index (κ2) is 6.68. The average Bonchev–Trinajstić information content (AvgIpc) is 2.85. The molecule has 4 N–H and O–H groups in total. The number of allylic oxidation sites excluding steroid dienone is 1. The maximum absolute atomic E-state index is 12.7. The van der Waals surface area contributed by atoms with E-state index in [1.165, 1.54) is 6.20 Å². The number of rotatable bonds is 4. The van der Waals surface area contributed by atoms with Gasteiger partial charge in [0.1, 0.15) is 0 Å². The van der Waals surface area contributed by atoms with E-state index < -0.39 is 0 Å². The zero-order valence-electron chi connectivity index (χ0n) is 14.3. The normalized spacial score (nSPS) is 12.3. The number of hydrogen-bond donors (Lipinski definition) is 2. The molecular weight excluding hydrogens is 314 g/mol. The van der Waals surface area contributed by atoms with Crippen LogP contribution in [0.4, 0.5) is 5.69 Å². The molecule has 3 rings (SSSR count). The highest BCUT2D eigenvalue weighted by atomic mass is 16.1. The maximum atomic E-state index is 12.7. The summed E-state index contributed by atoms with van der Waals surface area (Å²) in [5.74, 6) is 0. The molecule has 0 aliphatic heterocycles. The van der Waals surface area contributed by atoms with Crippen LogP contribution >= 0.6 is 0 Å². The molecule has 1 heterocycles. The Morgan fingerprint density at radius 1 is 1.24 bits per heavy atom. The predicted octanol–water partition coefficient (Wildman–Crippen LogP) is 1.86. The first-order valence-corrected chi connectivity index (χ1v) is 7.95. The molecule has 6 heteroatoms. The van der Waals surface area contributed by atoms with Gasteiger partial charge in [-0.1, -0.05) is 30.3 Å². The maximum Gasteiger partial charge on any atom is 0.329 e. The molecule has 25 heavy (non-hydrogen) atoms. The van der Waals surface area contributed by atoms with Gasteiger partial charge in [-0.05, 0) is 30.0 Å². The van der Waals surface area contributed by atoms with Crippen LogP contribution < -0.4 is 17.2 Å². The van der Waals surface area contributed by atoms with Crippen molar-refractivity contribution in [1.82, 2.24) is 9.13 Å². The summed E-state index contributed by atoms with van der Waals surface area (Å²) in [6, 6.07) is 13.6. The van der Waals surface area contributed by atoms with Crippen LogP contribution in [-0.2, 0) is 13.6 Å². The van der Waals surface area contributed by atoms with E-state index in [4.69, 9.17) is 11.5 Å². The Kier molecular flexibility index (Phi) is 4.43. The van der Waals surface area contributed by atoms with Crippen molar-refractivity contribution in [2.24, 2.45) is 17.8 Å². The fraction of sp³-hybridized carbons (Fsp3) is 0.158. The number of aromatic nitrogens is 2. The second-order valence-electron chi connectivity index (χ2n) is 5.81. The lowest BCUT2D eigenvalue weighted by Gasteiger charge is -2.08. The van der Waals surface area contributed by atoms with Gasteiger partial charge in [-0.15, -0.1) is 0 Å². The lowest BCUT2D eigenvalue weighted by Crippen LogP contribution is -2.22. The van der Waals surface area contributed by atoms with Crippen molar-refractivity contribution < 1.29 is 0 Å². The van der Waals surface area contributed by atoms with E-state index in [2.05, 4.69) is 4.99 Å². The highest BCUT2D eigenvalue weighted by molar-refractivity contribution is 6.11. The molecule has 0 spiro atoms. The monoisotopic (exact) mass is 335 g/mol. The van der Waals surface area contributed by atoms with Crippen LogP contribution in [0.5, 0.6) is 0 Å². The number of nitrogens with two attached hydrogens (primary N) is 2. The van der Waals surface area contributed by atoms with Crippen LogP contribution in [0.25, 0.3) is 11.0 Å². The first-order valence-electron chi connectivity index (χ1n) is 7.95. The number of aliphatic imine (C=N–C) groups is 1. The molecule has 0 amide bonds. The van der Waals surface area contributed by atoms with Gasteiger partial charge >= 0.3 is 5.69 Å². The van der Waals surface area contributed by atoms with Crippen LogP contribution in [0.2, 0.25) is 0 Å². The van der Waals surface area contributed by atoms with Gasteiger partial charge in [0.25, 0.3) is 0 Å². The zero-order valence-corrected chi connectivity index (χ0v) is 14.3. The number of nitrogen functional groups attached to an aromatic ring is 1. The molecular formula is C19H21N5O. The molecule has 128 valence electrons. The van der Waals surface area contributed by atoms with Gasteiger partial charge in [0.05, 0.1) is 29.0 Å². The van der Waals surface area contributed by atoms with E-state index in [1.54, 1.807) is 29.3 Å². The Labute approximate surface area is 145 Å². The highest BCUT2D eigenvalue weighted by Crippen LogP contribution is 2.23. The van der Waals surface area contributed by atoms with Gasteiger partial charge in [-0.3, -0.25) is 14.1 Å². The minimum atomic E-state index is -0.105. The fourth-order valence-corrected chi connectivity index (χ4v) is 3.05. The quantitative estimate of drug-likeness (QED) is 0.563. The molecule has 0 radical (unpaired) electrons. The number of hydrogen-bond acceptors (Lipinski definition) is 4. The summed E-state index contributed by atoms with van der Waals surface area (Å²) < 4.78 is 3.31. The average molecular weight is 335 g/mol. The molecule has 6 nitrogen and oxygen atoms in total. The van der Waals surface area contributed by atoms with Crippen molar-refractivity contribution in [3.63, 3.8) is 0 Å². The Hall–Kier alpha value is -3.28. The van der Waals surface area contributed by atoms with Crippen molar-refractivity contribution in [1.29, 1.82) is 0 Å². The second-order valence-corrected chi connectivity index (χ2v) is 5.81. The molecule has 0 aliphatic carbocycles. The summed E-state index contributed by atoms with van der Waals surface area (Å²) in [7, 11) is 3.43. The Balaban J connectivity index is 2.25. The number of benzene rings is 2. The summed E-state index contributed by atoms with van der Waals surface area (Å²) >= 11 is 0. The molecule has 0 saturated carbocycles. The summed E-state index contributed by atoms with van der Waals surface area (Å²) in [5.41, 5.74) is 16.2. The largest absolute Gasteiger partial charge is 0.405 e. The molecule has 0 atom stereocenters. The molecule has 0 aliphatic rings. The lowest BCUT2D eigenvalue weighted by atomic mass is 10.1. The van der Waals surface area contributed by atoms with Crippen molar-refractivity contribution in [2.45, 2.75) is 6.54 Å². The molecule has 1 aromatic heterocycles. The summed E-state index contributed by atoms with van der Waals surface area (Å²) in [4.78, 5) is 17.0. The SMILES string of the molecule is CN=C(C=CN)c1cc(N)c2c(c1)n(Cc1ccccc1)c(=O)n2C. The van der Waals surface area contributed by atoms with Crippen LogP contribution in [0.1, 0.15) is 11.1 Å². The highest BCUT2D eigenvalue weighted by Gasteiger charge is 2.15. The third-order valence-corrected chi connectivity index (χ3v) is 4.24. The number of aryl methyl sites for hydroxylation is 1. The number of anilines is 1. The Morgan fingerprint density at radius 3 is 2.60 bits per heavy atom. The topological polar surface area (TPSA) is 91.3 Å². The van der Waals surface area contributed by atoms with Crippen molar-refractivity contribution in [3.8, 4) is 0 Å². The Morgan fingerprint density at radius 2 is 1.96 bits per heavy atom. The van der Waals surface area contributed by atoms with E-state index in [9.17, 15) is 4.79 Å². The van der Waals surface area contributed by atoms with Gasteiger partial charge in [-0.2, -0.15) is 0 Å². The summed E-state index contributed by atoms with van der Waals surface area (Å²) in [5, 5.41) is 0. The Bertz CT molecular complexity index is 1030. The third-order valence-electron chi connectivity index (χ3n) is 4.24. The standard InChI is InChI=1S/C19H21N5O/c1-22-16(8-9-20)14-10-15(21)18-17(11-14)24(19(25)23(18)2)12-13-6-4-3-5-7-13/h3-11H,12,20-21H2,1-2H3. The van der Waals surface area contributed by atoms with E-state index in [-0.39, 0.29) is 5.69 Å². The summed E-state index contributed by atoms with van der Waals surface area (Å²) in [6.07, 6.45) is 3.15. The first kappa shape index (κ1) is 16.6. The molecule has 2 aromatic carbocycles. The minimum absolute atomic E-state index is 0.105. The van der Waals surface area contributed by atoms with Gasteiger partial charge in [0.15, 0.2) is 0 Å². The van der Waals surface area contributed by atoms with Crippen molar-refractivity contribution in [2.75, 3.05) is 12.8 Å². The van der Waals surface area contributed by atoms with Gasteiger partial charge in [0, 0.05) is 19.7 Å². The van der Waals surface area contributed by atoms with E-state index in [0.29, 0.717) is 17.9 Å². The van der Waals surface area contributed by atoms with Gasteiger partial charge in [-0.25, -0.2) is 4.79 Å². The van der Waals surface area contributed by atoms with Crippen LogP contribution in [0.15, 0.2) is 64.5 Å². The van der Waals surface area contributed by atoms with Crippen LogP contribution in [-0.4, -0.2) is 21.9 Å². The minimum Gasteiger partial charge on any atom is -0.405 e. The van der Waals surface area contributed by atoms with E-state index in [1.807, 2.05) is 42.5 Å². The summed E-state index contributed by atoms with van der Waals surface area (Å²) in [6.45, 7) is 0.477. The third kappa shape index (κ3) is 2.94. The molecule has 3 aromatic rings. The molecule has 0 fully saturated rings. The predicted molar refractivity (Wildman–Crippen MR) is 103 cm³/mol. The first-order chi connectivity index (χ1) is 12.1. The van der Waals surface area contributed by atoms with Gasteiger partial charge in [0.2, 0.25) is 0 Å². The van der Waals surface area contributed by atoms with Crippen molar-refractivity contribution >= 4 is 22.4 Å². The van der Waals surface area contributed by atoms with E-state index in [0.717, 1.165) is 22.2 Å². The molecule has 0 unspecified atom stereocenters. The number of imidazole rings is 1. The molecule has 0 saturated heterocycles.